The van der Waals surface area contributed by atoms with Gasteiger partial charge in [0.25, 0.3) is 5.91 Å². The number of halogens is 4. The second-order valence-electron chi connectivity index (χ2n) is 6.95. The third-order valence-corrected chi connectivity index (χ3v) is 5.02. The van der Waals surface area contributed by atoms with Crippen LogP contribution in [0.25, 0.3) is 5.69 Å². The van der Waals surface area contributed by atoms with Crippen molar-refractivity contribution in [1.82, 2.24) is 24.9 Å². The van der Waals surface area contributed by atoms with Gasteiger partial charge in [0.1, 0.15) is 0 Å². The summed E-state index contributed by atoms with van der Waals surface area (Å²) in [7, 11) is 0. The van der Waals surface area contributed by atoms with Crippen molar-refractivity contribution in [2.75, 3.05) is 0 Å². The first-order chi connectivity index (χ1) is 15.3. The molecule has 0 aliphatic rings. The van der Waals surface area contributed by atoms with Gasteiger partial charge < -0.3 is 5.32 Å². The highest BCUT2D eigenvalue weighted by Crippen LogP contribution is 2.34. The fourth-order valence-electron chi connectivity index (χ4n) is 3.31. The van der Waals surface area contributed by atoms with Crippen LogP contribution < -0.4 is 5.32 Å². The summed E-state index contributed by atoms with van der Waals surface area (Å²) in [5.41, 5.74) is 0.0341. The Kier molecular flexibility index (Phi) is 6.00. The third kappa shape index (κ3) is 4.67. The molecule has 32 heavy (non-hydrogen) atoms. The van der Waals surface area contributed by atoms with E-state index in [1.165, 1.54) is 24.3 Å². The van der Waals surface area contributed by atoms with Crippen molar-refractivity contribution in [2.24, 2.45) is 0 Å². The van der Waals surface area contributed by atoms with E-state index in [0.29, 0.717) is 11.2 Å². The Hall–Kier alpha value is -3.59. The summed E-state index contributed by atoms with van der Waals surface area (Å²) in [5.74, 6) is -0.875. The molecule has 10 heteroatoms. The number of hydrogen-bond acceptors (Lipinski definition) is 3. The molecule has 0 aliphatic heterocycles. The van der Waals surface area contributed by atoms with E-state index in [1.54, 1.807) is 35.3 Å². The molecule has 6 nitrogen and oxygen atoms in total. The topological polar surface area (TPSA) is 64.7 Å². The normalized spacial score (nSPS) is 11.5. The van der Waals surface area contributed by atoms with Gasteiger partial charge in [-0.05, 0) is 35.4 Å². The average Bonchev–Trinajstić information content (AvgIpc) is 3.42. The molecule has 0 aliphatic carbocycles. The Morgan fingerprint density at radius 1 is 1.03 bits per heavy atom. The minimum absolute atomic E-state index is 0.0515. The number of nitrogens with zero attached hydrogens (tertiary/aromatic N) is 4. The van der Waals surface area contributed by atoms with E-state index in [-0.39, 0.29) is 17.3 Å². The Bertz CT molecular complexity index is 1230. The highest BCUT2D eigenvalue weighted by Gasteiger charge is 2.40. The van der Waals surface area contributed by atoms with Gasteiger partial charge in [0.2, 0.25) is 0 Å². The number of aromatic nitrogens is 4. The Balaban J connectivity index is 1.59. The molecule has 4 aromatic rings. The average molecular weight is 460 g/mol. The van der Waals surface area contributed by atoms with Crippen LogP contribution in [0.4, 0.5) is 13.2 Å². The molecule has 0 bridgehead atoms. The van der Waals surface area contributed by atoms with Crippen molar-refractivity contribution in [2.45, 2.75) is 19.3 Å². The molecular formula is C22H17ClF3N5O. The number of hydrogen-bond donors (Lipinski definition) is 1. The lowest BCUT2D eigenvalue weighted by Crippen LogP contribution is -2.27. The Labute approximate surface area is 186 Å². The molecule has 0 unspecified atom stereocenters. The minimum atomic E-state index is -4.80. The SMILES string of the molecule is O=C(NCc1ccccc1Cn1cccn1)c1cnn(-c2cccc(Cl)c2)c1C(F)(F)F. The fraction of sp³-hybridized carbons (Fsp3) is 0.136. The second-order valence-corrected chi connectivity index (χ2v) is 7.39. The van der Waals surface area contributed by atoms with E-state index in [4.69, 9.17) is 11.6 Å². The highest BCUT2D eigenvalue weighted by atomic mass is 35.5. The van der Waals surface area contributed by atoms with E-state index in [1.807, 2.05) is 12.1 Å². The molecule has 2 aromatic heterocycles. The third-order valence-electron chi connectivity index (χ3n) is 4.78. The van der Waals surface area contributed by atoms with E-state index in [0.717, 1.165) is 17.3 Å². The summed E-state index contributed by atoms with van der Waals surface area (Å²) in [5, 5.41) is 10.8. The molecule has 0 atom stereocenters. The van der Waals surface area contributed by atoms with Crippen LogP contribution >= 0.6 is 11.6 Å². The van der Waals surface area contributed by atoms with Gasteiger partial charge in [0.05, 0.1) is 24.0 Å². The number of amides is 1. The number of nitrogens with one attached hydrogen (secondary N) is 1. The largest absolute Gasteiger partial charge is 0.434 e. The molecule has 164 valence electrons. The molecule has 2 aromatic carbocycles. The van der Waals surface area contributed by atoms with Gasteiger partial charge in [-0.2, -0.15) is 23.4 Å². The second kappa shape index (κ2) is 8.88. The van der Waals surface area contributed by atoms with Gasteiger partial charge in [0, 0.05) is 24.0 Å². The Morgan fingerprint density at radius 2 is 1.81 bits per heavy atom. The van der Waals surface area contributed by atoms with Crippen LogP contribution in [0.15, 0.2) is 73.2 Å². The van der Waals surface area contributed by atoms with Gasteiger partial charge in [-0.15, -0.1) is 0 Å². The summed E-state index contributed by atoms with van der Waals surface area (Å²) >= 11 is 5.91. The van der Waals surface area contributed by atoms with Crippen LogP contribution in [0, 0.1) is 0 Å². The molecular weight excluding hydrogens is 443 g/mol. The lowest BCUT2D eigenvalue weighted by Gasteiger charge is -2.14. The van der Waals surface area contributed by atoms with Gasteiger partial charge in [-0.1, -0.05) is 41.9 Å². The fourth-order valence-corrected chi connectivity index (χ4v) is 3.50. The molecule has 0 radical (unpaired) electrons. The van der Waals surface area contributed by atoms with Crippen LogP contribution in [0.1, 0.15) is 27.2 Å². The molecule has 1 N–H and O–H groups in total. The predicted molar refractivity (Wildman–Crippen MR) is 113 cm³/mol. The Morgan fingerprint density at radius 3 is 2.50 bits per heavy atom. The summed E-state index contributed by atoms with van der Waals surface area (Å²) in [4.78, 5) is 12.7. The van der Waals surface area contributed by atoms with Crippen molar-refractivity contribution in [3.63, 3.8) is 0 Å². The van der Waals surface area contributed by atoms with Gasteiger partial charge in [-0.3, -0.25) is 9.48 Å². The number of carbonyl (C=O) groups is 1. The summed E-state index contributed by atoms with van der Waals surface area (Å²) < 4.78 is 43.9. The lowest BCUT2D eigenvalue weighted by molar-refractivity contribution is -0.143. The van der Waals surface area contributed by atoms with Crippen molar-refractivity contribution < 1.29 is 18.0 Å². The smallest absolute Gasteiger partial charge is 0.348 e. The number of carbonyl (C=O) groups excluding carboxylic acids is 1. The number of alkyl halides is 3. The number of rotatable bonds is 6. The molecule has 1 amide bonds. The molecule has 0 saturated heterocycles. The molecule has 0 fully saturated rings. The number of benzene rings is 2. The maximum absolute atomic E-state index is 13.8. The van der Waals surface area contributed by atoms with E-state index in [9.17, 15) is 18.0 Å². The molecule has 0 saturated carbocycles. The quantitative estimate of drug-likeness (QED) is 0.454. The van der Waals surface area contributed by atoms with Crippen molar-refractivity contribution in [1.29, 1.82) is 0 Å². The van der Waals surface area contributed by atoms with E-state index >= 15 is 0 Å². The maximum atomic E-state index is 13.8. The molecule has 0 spiro atoms. The first kappa shape index (κ1) is 21.6. The van der Waals surface area contributed by atoms with Crippen LogP contribution in [0.2, 0.25) is 5.02 Å². The van der Waals surface area contributed by atoms with Crippen molar-refractivity contribution in [3.05, 3.63) is 101 Å². The zero-order chi connectivity index (χ0) is 22.7. The summed E-state index contributed by atoms with van der Waals surface area (Å²) in [6.07, 6.45) is -0.436. The first-order valence-corrected chi connectivity index (χ1v) is 9.94. The van der Waals surface area contributed by atoms with Crippen molar-refractivity contribution >= 4 is 17.5 Å². The first-order valence-electron chi connectivity index (χ1n) is 9.56. The zero-order valence-electron chi connectivity index (χ0n) is 16.6. The molecule has 2 heterocycles. The predicted octanol–water partition coefficient (Wildman–Crippen LogP) is 4.72. The van der Waals surface area contributed by atoms with Crippen LogP contribution in [-0.4, -0.2) is 25.5 Å². The van der Waals surface area contributed by atoms with Gasteiger partial charge in [-0.25, -0.2) is 4.68 Å². The highest BCUT2D eigenvalue weighted by molar-refractivity contribution is 6.30. The van der Waals surface area contributed by atoms with Gasteiger partial charge in [0.15, 0.2) is 5.69 Å². The standard InChI is InChI=1S/C22H17ClF3N5O/c23-17-7-3-8-18(11-17)31-20(22(24,25)26)19(13-29-31)21(32)27-12-15-5-1-2-6-16(15)14-30-10-4-9-28-30/h1-11,13H,12,14H2,(H,27,32). The van der Waals surface area contributed by atoms with Gasteiger partial charge >= 0.3 is 6.18 Å². The van der Waals surface area contributed by atoms with E-state index in [2.05, 4.69) is 15.5 Å². The monoisotopic (exact) mass is 459 g/mol. The minimum Gasteiger partial charge on any atom is -0.348 e. The van der Waals surface area contributed by atoms with E-state index < -0.39 is 23.3 Å². The van der Waals surface area contributed by atoms with Crippen LogP contribution in [0.5, 0.6) is 0 Å². The molecule has 4 rings (SSSR count). The maximum Gasteiger partial charge on any atom is 0.434 e. The van der Waals surface area contributed by atoms with Crippen LogP contribution in [0.3, 0.4) is 0 Å². The zero-order valence-corrected chi connectivity index (χ0v) is 17.3. The summed E-state index contributed by atoms with van der Waals surface area (Å²) in [6.45, 7) is 0.523. The summed E-state index contributed by atoms with van der Waals surface area (Å²) in [6, 6.07) is 14.9. The van der Waals surface area contributed by atoms with Crippen LogP contribution in [-0.2, 0) is 19.3 Å². The van der Waals surface area contributed by atoms with Crippen molar-refractivity contribution in [3.8, 4) is 5.69 Å². The lowest BCUT2D eigenvalue weighted by atomic mass is 10.1.